The van der Waals surface area contributed by atoms with Gasteiger partial charge in [-0.25, -0.2) is 0 Å². The lowest BCUT2D eigenvalue weighted by atomic mass is 10.0. The number of esters is 3. The Bertz CT molecular complexity index is 1470. The molecule has 0 fully saturated rings. The van der Waals surface area contributed by atoms with E-state index in [0.29, 0.717) is 19.3 Å². The number of ether oxygens (including phenoxy) is 3. The zero-order chi connectivity index (χ0) is 52.2. The first-order valence-corrected chi connectivity index (χ1v) is 29.9. The maximum absolute atomic E-state index is 12.8. The number of rotatable bonds is 53. The van der Waals surface area contributed by atoms with Crippen LogP contribution < -0.4 is 0 Å². The number of carbonyl (C=O) groups excluding carboxylic acids is 3. The van der Waals surface area contributed by atoms with Crippen LogP contribution in [0.15, 0.2) is 109 Å². The van der Waals surface area contributed by atoms with Crippen molar-refractivity contribution in [2.24, 2.45) is 0 Å². The molecule has 0 aliphatic carbocycles. The summed E-state index contributed by atoms with van der Waals surface area (Å²) in [5.41, 5.74) is 0. The van der Waals surface area contributed by atoms with Crippen molar-refractivity contribution in [3.8, 4) is 0 Å². The molecule has 0 rings (SSSR count). The third kappa shape index (κ3) is 57.0. The Hall–Kier alpha value is -3.93. The summed E-state index contributed by atoms with van der Waals surface area (Å²) in [6.07, 6.45) is 81.2. The predicted octanol–water partition coefficient (Wildman–Crippen LogP) is 20.3. The van der Waals surface area contributed by atoms with E-state index >= 15 is 0 Å². The van der Waals surface area contributed by atoms with E-state index in [4.69, 9.17) is 14.2 Å². The van der Waals surface area contributed by atoms with Crippen molar-refractivity contribution in [2.45, 2.75) is 277 Å². The lowest BCUT2D eigenvalue weighted by molar-refractivity contribution is -0.167. The monoisotopic (exact) mass is 999 g/mol. The van der Waals surface area contributed by atoms with Crippen molar-refractivity contribution >= 4 is 17.9 Å². The summed E-state index contributed by atoms with van der Waals surface area (Å²) >= 11 is 0. The maximum atomic E-state index is 12.8. The highest BCUT2D eigenvalue weighted by molar-refractivity contribution is 5.71. The maximum Gasteiger partial charge on any atom is 0.306 e. The van der Waals surface area contributed by atoms with Crippen molar-refractivity contribution in [2.75, 3.05) is 13.2 Å². The van der Waals surface area contributed by atoms with Crippen molar-refractivity contribution in [1.82, 2.24) is 0 Å². The first kappa shape index (κ1) is 68.1. The SMILES string of the molecule is CC/C=C\C/C=C\C/C=C\C/C=C\C/C=C\C/C=C\CCCCC(=O)OC(COC(=O)CCCCCCCC)COC(=O)CCCCCCCCCCCCCC/C=C\C/C=C\C/C=C\CCCCCCC. The number of hydrogen-bond donors (Lipinski definition) is 0. The topological polar surface area (TPSA) is 78.9 Å². The lowest BCUT2D eigenvalue weighted by Gasteiger charge is -2.18. The second-order valence-electron chi connectivity index (χ2n) is 19.5. The molecule has 0 aromatic heterocycles. The van der Waals surface area contributed by atoms with Gasteiger partial charge in [0.05, 0.1) is 0 Å². The van der Waals surface area contributed by atoms with E-state index in [1.165, 1.54) is 122 Å². The average molecular weight is 1000 g/mol. The summed E-state index contributed by atoms with van der Waals surface area (Å²) in [7, 11) is 0. The molecule has 0 saturated heterocycles. The molecule has 0 N–H and O–H groups in total. The molecule has 410 valence electrons. The molecule has 6 heteroatoms. The zero-order valence-corrected chi connectivity index (χ0v) is 46.9. The molecular formula is C66H110O6. The Morgan fingerprint density at radius 3 is 0.875 bits per heavy atom. The van der Waals surface area contributed by atoms with Gasteiger partial charge in [0, 0.05) is 19.3 Å². The third-order valence-electron chi connectivity index (χ3n) is 12.5. The summed E-state index contributed by atoms with van der Waals surface area (Å²) in [5, 5.41) is 0. The Kier molecular flexibility index (Phi) is 56.4. The van der Waals surface area contributed by atoms with Gasteiger partial charge in [-0.1, -0.05) is 252 Å². The minimum absolute atomic E-state index is 0.0971. The molecule has 0 saturated carbocycles. The normalized spacial score (nSPS) is 12.9. The van der Waals surface area contributed by atoms with E-state index in [0.717, 1.165) is 103 Å². The molecule has 1 unspecified atom stereocenters. The van der Waals surface area contributed by atoms with Crippen molar-refractivity contribution in [1.29, 1.82) is 0 Å². The van der Waals surface area contributed by atoms with Crippen LogP contribution in [0.3, 0.4) is 0 Å². The van der Waals surface area contributed by atoms with E-state index in [1.807, 2.05) is 0 Å². The van der Waals surface area contributed by atoms with E-state index < -0.39 is 6.10 Å². The summed E-state index contributed by atoms with van der Waals surface area (Å²) in [4.78, 5) is 37.9. The molecule has 0 radical (unpaired) electrons. The fourth-order valence-electron chi connectivity index (χ4n) is 8.04. The Morgan fingerprint density at radius 1 is 0.292 bits per heavy atom. The van der Waals surface area contributed by atoms with Gasteiger partial charge in [-0.2, -0.15) is 0 Å². The van der Waals surface area contributed by atoms with Crippen LogP contribution in [0.2, 0.25) is 0 Å². The number of hydrogen-bond acceptors (Lipinski definition) is 6. The van der Waals surface area contributed by atoms with Gasteiger partial charge in [-0.15, -0.1) is 0 Å². The number of allylic oxidation sites excluding steroid dienone is 18. The van der Waals surface area contributed by atoms with Crippen LogP contribution in [0.5, 0.6) is 0 Å². The van der Waals surface area contributed by atoms with Gasteiger partial charge in [0.15, 0.2) is 6.10 Å². The van der Waals surface area contributed by atoms with Crippen LogP contribution in [0.25, 0.3) is 0 Å². The first-order valence-electron chi connectivity index (χ1n) is 29.9. The summed E-state index contributed by atoms with van der Waals surface area (Å²) in [6.45, 7) is 6.42. The second-order valence-corrected chi connectivity index (χ2v) is 19.5. The van der Waals surface area contributed by atoms with Crippen molar-refractivity contribution < 1.29 is 28.6 Å². The van der Waals surface area contributed by atoms with Crippen LogP contribution in [0, 0.1) is 0 Å². The van der Waals surface area contributed by atoms with Gasteiger partial charge in [0.2, 0.25) is 0 Å². The minimum Gasteiger partial charge on any atom is -0.462 e. The molecule has 0 bridgehead atoms. The summed E-state index contributed by atoms with van der Waals surface area (Å²) in [5.74, 6) is -0.952. The predicted molar refractivity (Wildman–Crippen MR) is 311 cm³/mol. The van der Waals surface area contributed by atoms with Crippen molar-refractivity contribution in [3.63, 3.8) is 0 Å². The van der Waals surface area contributed by atoms with Crippen LogP contribution in [-0.2, 0) is 28.6 Å². The highest BCUT2D eigenvalue weighted by Gasteiger charge is 2.19. The standard InChI is InChI=1S/C66H110O6/c1-4-7-10-13-16-18-20-22-24-26-28-30-31-32-33-34-35-37-38-40-42-44-46-48-50-53-56-59-65(68)71-62-63(61-70-64(67)58-55-52-15-12-9-6-3)72-66(69)60-57-54-51-49-47-45-43-41-39-36-29-27-25-23-21-19-17-14-11-8-5-2/h8,11,17,19-20,22-23,25-26,28-29,31-32,36,41,43,47,49,63H,4-7,9-10,12-16,18,21,24,27,30,33-35,37-40,42,44-46,48,50-62H2,1-3H3/b11-8-,19-17-,22-20-,25-23-,28-26-,32-31-,36-29-,43-41-,49-47-. The molecule has 0 aromatic rings. The smallest absolute Gasteiger partial charge is 0.306 e. The third-order valence-corrected chi connectivity index (χ3v) is 12.5. The number of unbranched alkanes of at least 4 members (excludes halogenated alkanes) is 24. The van der Waals surface area contributed by atoms with Crippen LogP contribution >= 0.6 is 0 Å². The van der Waals surface area contributed by atoms with Gasteiger partial charge in [0.25, 0.3) is 0 Å². The van der Waals surface area contributed by atoms with Crippen LogP contribution in [0.1, 0.15) is 271 Å². The molecule has 0 spiro atoms. The second kappa shape index (κ2) is 59.6. The Balaban J connectivity index is 4.19. The molecule has 1 atom stereocenters. The molecule has 0 aromatic carbocycles. The molecule has 0 aliphatic rings. The molecule has 72 heavy (non-hydrogen) atoms. The minimum atomic E-state index is -0.800. The molecule has 0 amide bonds. The van der Waals surface area contributed by atoms with E-state index in [-0.39, 0.29) is 37.5 Å². The molecular weight excluding hydrogens is 889 g/mol. The Labute approximate surface area is 444 Å². The molecule has 6 nitrogen and oxygen atoms in total. The van der Waals surface area contributed by atoms with Crippen LogP contribution in [-0.4, -0.2) is 37.2 Å². The highest BCUT2D eigenvalue weighted by atomic mass is 16.6. The van der Waals surface area contributed by atoms with Gasteiger partial charge < -0.3 is 14.2 Å². The summed E-state index contributed by atoms with van der Waals surface area (Å²) in [6, 6.07) is 0. The van der Waals surface area contributed by atoms with E-state index in [2.05, 4.69) is 130 Å². The highest BCUT2D eigenvalue weighted by Crippen LogP contribution is 2.15. The quantitative estimate of drug-likeness (QED) is 0.0261. The number of carbonyl (C=O) groups is 3. The zero-order valence-electron chi connectivity index (χ0n) is 46.9. The Morgan fingerprint density at radius 2 is 0.542 bits per heavy atom. The summed E-state index contributed by atoms with van der Waals surface area (Å²) < 4.78 is 16.7. The van der Waals surface area contributed by atoms with Crippen LogP contribution in [0.4, 0.5) is 0 Å². The van der Waals surface area contributed by atoms with E-state index in [9.17, 15) is 14.4 Å². The largest absolute Gasteiger partial charge is 0.462 e. The molecule has 0 aliphatic heterocycles. The fraction of sp³-hybridized carbons (Fsp3) is 0.682. The van der Waals surface area contributed by atoms with Gasteiger partial charge in [-0.05, 0) is 109 Å². The average Bonchev–Trinajstić information content (AvgIpc) is 3.38. The lowest BCUT2D eigenvalue weighted by Crippen LogP contribution is -2.30. The van der Waals surface area contributed by atoms with Gasteiger partial charge >= 0.3 is 17.9 Å². The van der Waals surface area contributed by atoms with E-state index in [1.54, 1.807) is 0 Å². The first-order chi connectivity index (χ1) is 35.5. The van der Waals surface area contributed by atoms with Gasteiger partial charge in [-0.3, -0.25) is 14.4 Å². The van der Waals surface area contributed by atoms with Gasteiger partial charge in [0.1, 0.15) is 13.2 Å². The fourth-order valence-corrected chi connectivity index (χ4v) is 8.04. The molecule has 0 heterocycles. The van der Waals surface area contributed by atoms with Crippen molar-refractivity contribution in [3.05, 3.63) is 109 Å².